The molecule has 0 fully saturated rings. The molecule has 2 heterocycles. The third-order valence-electron chi connectivity index (χ3n) is 3.60. The van der Waals surface area contributed by atoms with Crippen LogP contribution in [0.3, 0.4) is 0 Å². The van der Waals surface area contributed by atoms with Crippen molar-refractivity contribution in [1.29, 1.82) is 0 Å². The molecule has 3 N–H and O–H groups in total. The molecule has 9 heteroatoms. The number of amides is 2. The minimum absolute atomic E-state index is 0.172. The molecule has 2 amide bonds. The number of hydrogen-bond acceptors (Lipinski definition) is 6. The van der Waals surface area contributed by atoms with Crippen molar-refractivity contribution in [3.63, 3.8) is 0 Å². The number of nitrogens with two attached hydrogens (primary N) is 1. The van der Waals surface area contributed by atoms with Gasteiger partial charge in [0.05, 0.1) is 5.69 Å². The fourth-order valence-corrected chi connectivity index (χ4v) is 3.16. The van der Waals surface area contributed by atoms with Gasteiger partial charge in [0.25, 0.3) is 5.56 Å². The maximum Gasteiger partial charge on any atom is 0.329 e. The molecule has 1 atom stereocenters. The Morgan fingerprint density at radius 1 is 1.31 bits per heavy atom. The van der Waals surface area contributed by atoms with E-state index in [-0.39, 0.29) is 18.6 Å². The molecule has 0 saturated heterocycles. The van der Waals surface area contributed by atoms with Gasteiger partial charge < -0.3 is 15.8 Å². The van der Waals surface area contributed by atoms with Crippen LogP contribution in [0.2, 0.25) is 0 Å². The molecule has 2 aromatic heterocycles. The van der Waals surface area contributed by atoms with Crippen LogP contribution in [-0.4, -0.2) is 27.4 Å². The Labute approximate surface area is 152 Å². The number of thiazole rings is 1. The van der Waals surface area contributed by atoms with Gasteiger partial charge in [0.2, 0.25) is 0 Å². The van der Waals surface area contributed by atoms with E-state index in [1.54, 1.807) is 11.6 Å². The lowest BCUT2D eigenvalue weighted by atomic mass is 10.1. The van der Waals surface area contributed by atoms with Crippen LogP contribution in [0.5, 0.6) is 0 Å². The normalized spacial score (nSPS) is 11.8. The number of aromatic nitrogens is 2. The van der Waals surface area contributed by atoms with Crippen LogP contribution in [0.4, 0.5) is 4.79 Å². The number of hydrogen-bond donors (Lipinski definition) is 2. The molecule has 0 aliphatic carbocycles. The van der Waals surface area contributed by atoms with E-state index >= 15 is 0 Å². The van der Waals surface area contributed by atoms with E-state index < -0.39 is 18.0 Å². The first-order chi connectivity index (χ1) is 12.5. The van der Waals surface area contributed by atoms with Gasteiger partial charge in [-0.25, -0.2) is 14.6 Å². The molecule has 3 aromatic rings. The fourth-order valence-electron chi connectivity index (χ4n) is 2.42. The first-order valence-electron chi connectivity index (χ1n) is 7.75. The number of urea groups is 1. The zero-order chi connectivity index (χ0) is 18.5. The number of carbonyl (C=O) groups excluding carboxylic acids is 2. The molecule has 0 bridgehead atoms. The molecule has 0 unspecified atom stereocenters. The average molecular weight is 372 g/mol. The maximum atomic E-state index is 12.4. The molecule has 0 spiro atoms. The predicted molar refractivity (Wildman–Crippen MR) is 95.8 cm³/mol. The number of ether oxygens (including phenoxy) is 1. The van der Waals surface area contributed by atoms with Crippen LogP contribution in [0.15, 0.2) is 52.8 Å². The van der Waals surface area contributed by atoms with E-state index in [2.05, 4.69) is 10.3 Å². The third kappa shape index (κ3) is 4.25. The smallest absolute Gasteiger partial charge is 0.329 e. The molecule has 0 aliphatic heterocycles. The second-order valence-corrected chi connectivity index (χ2v) is 6.37. The van der Waals surface area contributed by atoms with Crippen molar-refractivity contribution < 1.29 is 14.3 Å². The molecular formula is C17H16N4O4S. The lowest BCUT2D eigenvalue weighted by molar-refractivity contribution is -0.147. The Morgan fingerprint density at radius 3 is 2.81 bits per heavy atom. The summed E-state index contributed by atoms with van der Waals surface area (Å²) in [4.78, 5) is 40.3. The number of nitrogens with one attached hydrogen (secondary N) is 1. The van der Waals surface area contributed by atoms with Gasteiger partial charge in [0, 0.05) is 24.1 Å². The summed E-state index contributed by atoms with van der Waals surface area (Å²) in [5, 5.41) is 4.12. The molecule has 0 aliphatic rings. The quantitative estimate of drug-likeness (QED) is 0.628. The Morgan fingerprint density at radius 2 is 2.08 bits per heavy atom. The number of esters is 1. The zero-order valence-corrected chi connectivity index (χ0v) is 14.4. The van der Waals surface area contributed by atoms with Gasteiger partial charge in [-0.15, -0.1) is 11.3 Å². The maximum absolute atomic E-state index is 12.4. The second-order valence-electron chi connectivity index (χ2n) is 5.50. The number of rotatable bonds is 6. The van der Waals surface area contributed by atoms with Crippen LogP contribution >= 0.6 is 11.3 Å². The molecular weight excluding hydrogens is 356 g/mol. The van der Waals surface area contributed by atoms with E-state index in [4.69, 9.17) is 10.5 Å². The average Bonchev–Trinajstić information content (AvgIpc) is 3.09. The number of fused-ring (bicyclic) bond motifs is 1. The van der Waals surface area contributed by atoms with Gasteiger partial charge in [0.15, 0.2) is 4.96 Å². The van der Waals surface area contributed by atoms with Crippen molar-refractivity contribution in [2.45, 2.75) is 19.1 Å². The van der Waals surface area contributed by atoms with Crippen LogP contribution in [0, 0.1) is 0 Å². The van der Waals surface area contributed by atoms with Gasteiger partial charge in [-0.3, -0.25) is 9.20 Å². The van der Waals surface area contributed by atoms with Gasteiger partial charge in [-0.2, -0.15) is 0 Å². The number of carbonyl (C=O) groups is 2. The van der Waals surface area contributed by atoms with Crippen molar-refractivity contribution >= 4 is 28.3 Å². The Bertz CT molecular complexity index is 983. The minimum atomic E-state index is -0.929. The summed E-state index contributed by atoms with van der Waals surface area (Å²) in [6.45, 7) is -0.172. The highest BCUT2D eigenvalue weighted by atomic mass is 32.1. The topological polar surface area (TPSA) is 116 Å². The third-order valence-corrected chi connectivity index (χ3v) is 4.36. The van der Waals surface area contributed by atoms with Crippen molar-refractivity contribution in [3.05, 3.63) is 69.6 Å². The lowest BCUT2D eigenvalue weighted by Gasteiger charge is -2.16. The second kappa shape index (κ2) is 7.79. The van der Waals surface area contributed by atoms with E-state index in [0.29, 0.717) is 10.7 Å². The zero-order valence-electron chi connectivity index (χ0n) is 13.6. The summed E-state index contributed by atoms with van der Waals surface area (Å²) in [7, 11) is 0. The number of primary amides is 1. The van der Waals surface area contributed by atoms with E-state index in [0.717, 1.165) is 5.56 Å². The summed E-state index contributed by atoms with van der Waals surface area (Å²) in [5.41, 5.74) is 6.08. The van der Waals surface area contributed by atoms with Crippen molar-refractivity contribution in [2.75, 3.05) is 0 Å². The SMILES string of the molecule is NC(=O)N[C@@H](Cc1ccccc1)C(=O)OCc1cc(=O)n2ccsc2n1. The number of benzene rings is 1. The van der Waals surface area contributed by atoms with E-state index in [9.17, 15) is 14.4 Å². The monoisotopic (exact) mass is 372 g/mol. The van der Waals surface area contributed by atoms with Crippen molar-refractivity contribution in [3.8, 4) is 0 Å². The fraction of sp³-hybridized carbons (Fsp3) is 0.176. The number of nitrogens with zero attached hydrogens (tertiary/aromatic N) is 2. The summed E-state index contributed by atoms with van der Waals surface area (Å²) in [6, 6.07) is 8.72. The molecule has 134 valence electrons. The van der Waals surface area contributed by atoms with E-state index in [1.807, 2.05) is 30.3 Å². The summed E-state index contributed by atoms with van der Waals surface area (Å²) < 4.78 is 6.63. The van der Waals surface area contributed by atoms with Crippen LogP contribution in [0.1, 0.15) is 11.3 Å². The highest BCUT2D eigenvalue weighted by molar-refractivity contribution is 7.15. The van der Waals surface area contributed by atoms with Gasteiger partial charge in [-0.05, 0) is 5.56 Å². The van der Waals surface area contributed by atoms with Gasteiger partial charge in [-0.1, -0.05) is 30.3 Å². The Balaban J connectivity index is 1.70. The highest BCUT2D eigenvalue weighted by Gasteiger charge is 2.22. The molecule has 1 aromatic carbocycles. The Kier molecular flexibility index (Phi) is 5.28. The summed E-state index contributed by atoms with van der Waals surface area (Å²) >= 11 is 1.30. The first kappa shape index (κ1) is 17.6. The summed E-state index contributed by atoms with van der Waals surface area (Å²) in [5.74, 6) is -0.652. The molecule has 8 nitrogen and oxygen atoms in total. The molecule has 0 saturated carbocycles. The Hall–Kier alpha value is -3.20. The predicted octanol–water partition coefficient (Wildman–Crippen LogP) is 1.08. The molecule has 26 heavy (non-hydrogen) atoms. The standard InChI is InChI=1S/C17H16N4O4S/c18-16(24)20-13(8-11-4-2-1-3-5-11)15(23)25-10-12-9-14(22)21-6-7-26-17(21)19-12/h1-7,9,13H,8,10H2,(H3,18,20,24)/t13-/m0/s1. The molecule has 3 rings (SSSR count). The van der Waals surface area contributed by atoms with Crippen molar-refractivity contribution in [1.82, 2.24) is 14.7 Å². The highest BCUT2D eigenvalue weighted by Crippen LogP contribution is 2.09. The van der Waals surface area contributed by atoms with Crippen molar-refractivity contribution in [2.24, 2.45) is 5.73 Å². The van der Waals surface area contributed by atoms with E-state index in [1.165, 1.54) is 21.8 Å². The van der Waals surface area contributed by atoms with Crippen LogP contribution < -0.4 is 16.6 Å². The van der Waals surface area contributed by atoms with Crippen LogP contribution in [-0.2, 0) is 22.6 Å². The molecule has 0 radical (unpaired) electrons. The van der Waals surface area contributed by atoms with Gasteiger partial charge >= 0.3 is 12.0 Å². The van der Waals surface area contributed by atoms with Gasteiger partial charge in [0.1, 0.15) is 12.6 Å². The van der Waals surface area contributed by atoms with Crippen LogP contribution in [0.25, 0.3) is 4.96 Å². The summed E-state index contributed by atoms with van der Waals surface area (Å²) in [6.07, 6.45) is 1.86. The lowest BCUT2D eigenvalue weighted by Crippen LogP contribution is -2.45. The minimum Gasteiger partial charge on any atom is -0.458 e. The largest absolute Gasteiger partial charge is 0.458 e. The first-order valence-corrected chi connectivity index (χ1v) is 8.63.